The Morgan fingerprint density at radius 3 is 2.88 bits per heavy atom. The molecule has 0 saturated heterocycles. The van der Waals surface area contributed by atoms with Gasteiger partial charge in [0.1, 0.15) is 0 Å². The van der Waals surface area contributed by atoms with Crippen molar-refractivity contribution in [3.63, 3.8) is 0 Å². The van der Waals surface area contributed by atoms with Crippen LogP contribution in [-0.4, -0.2) is 16.4 Å². The van der Waals surface area contributed by atoms with Gasteiger partial charge >= 0.3 is 0 Å². The first-order valence-corrected chi connectivity index (χ1v) is 6.18. The second-order valence-electron chi connectivity index (χ2n) is 2.82. The summed E-state index contributed by atoms with van der Waals surface area (Å²) in [6.07, 6.45) is 1.63. The largest absolute Gasteiger partial charge is 0.256 e. The summed E-state index contributed by atoms with van der Waals surface area (Å²) in [6.45, 7) is 0. The van der Waals surface area contributed by atoms with Crippen LogP contribution in [0.15, 0.2) is 23.2 Å². The molecule has 7 heteroatoms. The van der Waals surface area contributed by atoms with Crippen LogP contribution in [0.2, 0.25) is 10.0 Å². The number of hydrogen-bond acceptors (Lipinski definition) is 4. The smallest absolute Gasteiger partial charge is 0.230 e. The SMILES string of the molecule is S=c1[nH]nc(N=Cc2ccc(Cl)cc2Cl)s1. The van der Waals surface area contributed by atoms with Crippen LogP contribution in [0.1, 0.15) is 5.56 Å². The maximum atomic E-state index is 5.98. The highest BCUT2D eigenvalue weighted by Gasteiger charge is 1.99. The van der Waals surface area contributed by atoms with Crippen LogP contribution in [0, 0.1) is 3.95 Å². The van der Waals surface area contributed by atoms with Crippen molar-refractivity contribution in [2.24, 2.45) is 4.99 Å². The third kappa shape index (κ3) is 2.89. The Morgan fingerprint density at radius 1 is 1.44 bits per heavy atom. The highest BCUT2D eigenvalue weighted by molar-refractivity contribution is 7.73. The zero-order chi connectivity index (χ0) is 11.5. The molecule has 0 spiro atoms. The number of benzene rings is 1. The van der Waals surface area contributed by atoms with Gasteiger partial charge in [-0.2, -0.15) is 0 Å². The van der Waals surface area contributed by atoms with Gasteiger partial charge in [0.15, 0.2) is 3.95 Å². The summed E-state index contributed by atoms with van der Waals surface area (Å²) in [5.41, 5.74) is 0.784. The molecule has 0 aliphatic heterocycles. The van der Waals surface area contributed by atoms with Crippen LogP contribution in [0.3, 0.4) is 0 Å². The average molecular weight is 290 g/mol. The molecule has 2 rings (SSSR count). The monoisotopic (exact) mass is 289 g/mol. The average Bonchev–Trinajstić information content (AvgIpc) is 2.63. The number of nitrogens with zero attached hydrogens (tertiary/aromatic N) is 2. The fourth-order valence-electron chi connectivity index (χ4n) is 1.01. The molecule has 1 N–H and O–H groups in total. The molecule has 16 heavy (non-hydrogen) atoms. The molecule has 0 aliphatic carbocycles. The first kappa shape index (κ1) is 11.7. The van der Waals surface area contributed by atoms with E-state index in [1.165, 1.54) is 11.3 Å². The summed E-state index contributed by atoms with van der Waals surface area (Å²) in [5, 5.41) is 8.26. The maximum absolute atomic E-state index is 5.98. The number of aromatic nitrogens is 2. The number of nitrogens with one attached hydrogen (secondary N) is 1. The topological polar surface area (TPSA) is 41.0 Å². The molecule has 1 heterocycles. The molecule has 0 amide bonds. The van der Waals surface area contributed by atoms with Crippen molar-refractivity contribution < 1.29 is 0 Å². The predicted molar refractivity (Wildman–Crippen MR) is 71.0 cm³/mol. The Hall–Kier alpha value is -0.750. The molecule has 0 atom stereocenters. The number of aromatic amines is 1. The van der Waals surface area contributed by atoms with Crippen molar-refractivity contribution in [1.29, 1.82) is 0 Å². The Morgan fingerprint density at radius 2 is 2.25 bits per heavy atom. The fraction of sp³-hybridized carbons (Fsp3) is 0. The highest BCUT2D eigenvalue weighted by Crippen LogP contribution is 2.21. The van der Waals surface area contributed by atoms with Crippen molar-refractivity contribution >= 4 is 58.1 Å². The van der Waals surface area contributed by atoms with Gasteiger partial charge in [-0.25, -0.2) is 4.99 Å². The third-order valence-corrected chi connectivity index (χ3v) is 3.26. The molecule has 1 aromatic heterocycles. The Kier molecular flexibility index (Phi) is 3.70. The van der Waals surface area contributed by atoms with E-state index in [4.69, 9.17) is 35.4 Å². The zero-order valence-corrected chi connectivity index (χ0v) is 10.9. The van der Waals surface area contributed by atoms with Gasteiger partial charge in [-0.3, -0.25) is 5.10 Å². The van der Waals surface area contributed by atoms with Gasteiger partial charge in [-0.1, -0.05) is 40.6 Å². The highest BCUT2D eigenvalue weighted by atomic mass is 35.5. The normalized spacial score (nSPS) is 11.1. The summed E-state index contributed by atoms with van der Waals surface area (Å²) in [7, 11) is 0. The predicted octanol–water partition coefficient (Wildman–Crippen LogP) is 4.26. The van der Waals surface area contributed by atoms with E-state index < -0.39 is 0 Å². The third-order valence-electron chi connectivity index (χ3n) is 1.70. The fourth-order valence-corrected chi connectivity index (χ4v) is 2.19. The van der Waals surface area contributed by atoms with Gasteiger partial charge in [0.2, 0.25) is 5.13 Å². The van der Waals surface area contributed by atoms with Gasteiger partial charge in [0.25, 0.3) is 0 Å². The van der Waals surface area contributed by atoms with Crippen LogP contribution >= 0.6 is 46.8 Å². The van der Waals surface area contributed by atoms with Crippen molar-refractivity contribution in [3.8, 4) is 0 Å². The number of H-pyrrole nitrogens is 1. The molecule has 0 saturated carbocycles. The van der Waals surface area contributed by atoms with E-state index in [9.17, 15) is 0 Å². The van der Waals surface area contributed by atoms with Gasteiger partial charge in [0, 0.05) is 16.8 Å². The molecule has 1 aromatic carbocycles. The van der Waals surface area contributed by atoms with E-state index in [0.29, 0.717) is 19.1 Å². The lowest BCUT2D eigenvalue weighted by Gasteiger charge is -1.96. The van der Waals surface area contributed by atoms with Gasteiger partial charge in [-0.15, -0.1) is 5.10 Å². The second kappa shape index (κ2) is 5.05. The van der Waals surface area contributed by atoms with Crippen LogP contribution in [0.4, 0.5) is 5.13 Å². The minimum absolute atomic E-state index is 0.551. The lowest BCUT2D eigenvalue weighted by Crippen LogP contribution is -1.82. The van der Waals surface area contributed by atoms with Gasteiger partial charge < -0.3 is 0 Å². The molecule has 2 aromatic rings. The minimum atomic E-state index is 0.551. The lowest BCUT2D eigenvalue weighted by atomic mass is 10.2. The van der Waals surface area contributed by atoms with Crippen molar-refractivity contribution in [2.45, 2.75) is 0 Å². The van der Waals surface area contributed by atoms with E-state index in [-0.39, 0.29) is 0 Å². The van der Waals surface area contributed by atoms with E-state index in [1.807, 2.05) is 0 Å². The maximum Gasteiger partial charge on any atom is 0.230 e. The van der Waals surface area contributed by atoms with E-state index >= 15 is 0 Å². The quantitative estimate of drug-likeness (QED) is 0.663. The summed E-state index contributed by atoms with van der Waals surface area (Å²) in [4.78, 5) is 4.14. The van der Waals surface area contributed by atoms with Gasteiger partial charge in [0.05, 0.1) is 5.02 Å². The molecule has 0 aliphatic rings. The molecule has 0 bridgehead atoms. The van der Waals surface area contributed by atoms with Crippen molar-refractivity contribution in [2.75, 3.05) is 0 Å². The molecule has 3 nitrogen and oxygen atoms in total. The van der Waals surface area contributed by atoms with E-state index in [0.717, 1.165) is 5.56 Å². The number of hydrogen-bond donors (Lipinski definition) is 1. The van der Waals surface area contributed by atoms with Crippen LogP contribution in [0.5, 0.6) is 0 Å². The summed E-state index contributed by atoms with van der Waals surface area (Å²) >= 11 is 17.9. The summed E-state index contributed by atoms with van der Waals surface area (Å²) in [6, 6.07) is 5.21. The molecule has 0 radical (unpaired) electrons. The number of aliphatic imine (C=N–C) groups is 1. The molecule has 82 valence electrons. The zero-order valence-electron chi connectivity index (χ0n) is 7.78. The van der Waals surface area contributed by atoms with E-state index in [1.54, 1.807) is 24.4 Å². The first-order chi connectivity index (χ1) is 7.65. The summed E-state index contributed by atoms with van der Waals surface area (Å²) in [5.74, 6) is 0. The van der Waals surface area contributed by atoms with E-state index in [2.05, 4.69) is 15.2 Å². The second-order valence-corrected chi connectivity index (χ2v) is 5.31. The first-order valence-electron chi connectivity index (χ1n) is 4.20. The number of halogens is 2. The molecule has 0 unspecified atom stereocenters. The summed E-state index contributed by atoms with van der Waals surface area (Å²) < 4.78 is 0.592. The Balaban J connectivity index is 2.27. The van der Waals surface area contributed by atoms with Crippen LogP contribution in [-0.2, 0) is 0 Å². The number of rotatable bonds is 2. The minimum Gasteiger partial charge on any atom is -0.256 e. The standard InChI is InChI=1S/C9H5Cl2N3S2/c10-6-2-1-5(7(11)3-6)4-12-8-13-14-9(15)16-8/h1-4H,(H,14,15). The van der Waals surface area contributed by atoms with Crippen molar-refractivity contribution in [3.05, 3.63) is 37.8 Å². The lowest BCUT2D eigenvalue weighted by molar-refractivity contribution is 1.07. The molecular formula is C9H5Cl2N3S2. The van der Waals surface area contributed by atoms with Gasteiger partial charge in [-0.05, 0) is 24.4 Å². The van der Waals surface area contributed by atoms with Crippen LogP contribution in [0.25, 0.3) is 0 Å². The Labute approximate surface area is 111 Å². The molecule has 0 fully saturated rings. The van der Waals surface area contributed by atoms with Crippen LogP contribution < -0.4 is 0 Å². The van der Waals surface area contributed by atoms with Crippen molar-refractivity contribution in [1.82, 2.24) is 10.2 Å². The molecular weight excluding hydrogens is 285 g/mol. The Bertz CT molecular complexity index is 588.